The molecule has 0 aliphatic heterocycles. The van der Waals surface area contributed by atoms with Crippen molar-refractivity contribution in [1.82, 2.24) is 0 Å². The molecule has 0 spiro atoms. The number of carbonyl (C=O) groups is 1. The Bertz CT molecular complexity index is 990. The molecule has 2 rings (SSSR count). The molecule has 166 valence electrons. The van der Waals surface area contributed by atoms with E-state index in [9.17, 15) is 39.9 Å². The highest BCUT2D eigenvalue weighted by Gasteiger charge is 2.57. The van der Waals surface area contributed by atoms with E-state index in [2.05, 4.69) is 0 Å². The molecule has 0 aromatic heterocycles. The summed E-state index contributed by atoms with van der Waals surface area (Å²) in [4.78, 5) is 12.3. The molecule has 0 aliphatic rings. The fraction of sp³-hybridized carbons (Fsp3) is 0.316. The van der Waals surface area contributed by atoms with Crippen LogP contribution in [-0.2, 0) is 11.8 Å². The van der Waals surface area contributed by atoms with Crippen molar-refractivity contribution in [3.05, 3.63) is 52.8 Å². The van der Waals surface area contributed by atoms with Crippen LogP contribution in [0.2, 0.25) is 0 Å². The van der Waals surface area contributed by atoms with E-state index in [0.29, 0.717) is 6.07 Å². The Hall–Kier alpha value is -2.79. The van der Waals surface area contributed by atoms with Crippen LogP contribution >= 0.6 is 0 Å². The third-order valence-electron chi connectivity index (χ3n) is 4.49. The third kappa shape index (κ3) is 4.77. The maximum absolute atomic E-state index is 14.8. The maximum atomic E-state index is 14.8. The number of rotatable bonds is 5. The van der Waals surface area contributed by atoms with Crippen LogP contribution in [0.4, 0.5) is 46.5 Å². The van der Waals surface area contributed by atoms with Gasteiger partial charge in [-0.2, -0.15) is 26.3 Å². The zero-order valence-electron chi connectivity index (χ0n) is 15.9. The van der Waals surface area contributed by atoms with Crippen LogP contribution in [0.15, 0.2) is 30.3 Å². The van der Waals surface area contributed by atoms with Gasteiger partial charge < -0.3 is 11.1 Å². The first kappa shape index (κ1) is 24.5. The van der Waals surface area contributed by atoms with Gasteiger partial charge in [0.05, 0.1) is 16.8 Å². The number of amides is 1. The first-order valence-corrected chi connectivity index (χ1v) is 8.75. The van der Waals surface area contributed by atoms with Gasteiger partial charge in [-0.25, -0.2) is 8.78 Å². The predicted molar refractivity (Wildman–Crippen MR) is 99.3 cm³/mol. The summed E-state index contributed by atoms with van der Waals surface area (Å²) in [5.74, 6) is -2.60. The number of hydrogen-bond donors (Lipinski definition) is 2. The summed E-state index contributed by atoms with van der Waals surface area (Å²) >= 11 is 0. The number of nitrogens with two attached hydrogens (primary N) is 1. The minimum Gasteiger partial charge on any atom is -0.396 e. The lowest BCUT2D eigenvalue weighted by Gasteiger charge is -2.30. The molecule has 1 unspecified atom stereocenters. The van der Waals surface area contributed by atoms with Crippen molar-refractivity contribution in [3.8, 4) is 0 Å². The van der Waals surface area contributed by atoms with Gasteiger partial charge in [0.25, 0.3) is 5.91 Å². The van der Waals surface area contributed by atoms with Gasteiger partial charge in [0.15, 0.2) is 5.82 Å². The Morgan fingerprint density at radius 3 is 2.23 bits per heavy atom. The molecule has 3 N–H and O–H groups in total. The number of halogens is 8. The fourth-order valence-electron chi connectivity index (χ4n) is 2.96. The number of nitrogens with one attached hydrogen (secondary N) is 1. The number of benzene rings is 2. The first-order valence-electron chi connectivity index (χ1n) is 8.75. The minimum absolute atomic E-state index is 0.0646. The summed E-state index contributed by atoms with van der Waals surface area (Å²) in [6.07, 6.45) is -12.3. The second-order valence-electron chi connectivity index (χ2n) is 6.70. The number of nitrogen functional groups attached to an aromatic ring is 1. The zero-order valence-corrected chi connectivity index (χ0v) is 15.9. The quantitative estimate of drug-likeness (QED) is 0.383. The standard InChI is InChI=1S/C19H15BF8N2O/c1-2-6-17(22,19(26,27)28)9-7-11(18(23,24)25)15(12(20)8-9)30-16(31)10-4-3-5-13(29)14(10)21/h3-5,7-8H,2,6,29H2,1H3,(H,30,31). The van der Waals surface area contributed by atoms with Crippen molar-refractivity contribution < 1.29 is 39.9 Å². The largest absolute Gasteiger partial charge is 0.426 e. The Morgan fingerprint density at radius 2 is 1.71 bits per heavy atom. The maximum Gasteiger partial charge on any atom is 0.426 e. The average molecular weight is 450 g/mol. The summed E-state index contributed by atoms with van der Waals surface area (Å²) in [5, 5.41) is 1.74. The highest BCUT2D eigenvalue weighted by atomic mass is 19.4. The van der Waals surface area contributed by atoms with E-state index in [4.69, 9.17) is 13.6 Å². The van der Waals surface area contributed by atoms with Crippen molar-refractivity contribution in [3.63, 3.8) is 0 Å². The van der Waals surface area contributed by atoms with Crippen LogP contribution in [0, 0.1) is 5.82 Å². The molecule has 12 heteroatoms. The SMILES string of the molecule is [B]c1cc(C(F)(CCC)C(F)(F)F)cc(C(F)(F)F)c1NC(=O)c1cccc(N)c1F. The molecular formula is C19H15BF8N2O. The highest BCUT2D eigenvalue weighted by Crippen LogP contribution is 2.47. The van der Waals surface area contributed by atoms with Gasteiger partial charge in [-0.05, 0) is 30.2 Å². The van der Waals surface area contributed by atoms with Crippen molar-refractivity contribution in [1.29, 1.82) is 0 Å². The molecular weight excluding hydrogens is 435 g/mol. The first-order chi connectivity index (χ1) is 14.1. The van der Waals surface area contributed by atoms with Crippen molar-refractivity contribution in [2.45, 2.75) is 37.8 Å². The fourth-order valence-corrected chi connectivity index (χ4v) is 2.96. The van der Waals surface area contributed by atoms with Crippen LogP contribution < -0.4 is 16.5 Å². The third-order valence-corrected chi connectivity index (χ3v) is 4.49. The summed E-state index contributed by atoms with van der Waals surface area (Å²) in [6.45, 7) is 1.22. The zero-order chi connectivity index (χ0) is 23.8. The molecule has 0 heterocycles. The molecule has 0 saturated heterocycles. The van der Waals surface area contributed by atoms with Crippen LogP contribution in [0.1, 0.15) is 41.3 Å². The van der Waals surface area contributed by atoms with Gasteiger partial charge in [0, 0.05) is 5.69 Å². The molecule has 2 aromatic carbocycles. The van der Waals surface area contributed by atoms with Gasteiger partial charge in [0.2, 0.25) is 5.67 Å². The molecule has 0 fully saturated rings. The minimum atomic E-state index is -5.52. The van der Waals surface area contributed by atoms with Crippen molar-refractivity contribution in [2.24, 2.45) is 0 Å². The predicted octanol–water partition coefficient (Wildman–Crippen LogP) is 5.00. The molecule has 0 bridgehead atoms. The normalized spacial score (nSPS) is 14.2. The van der Waals surface area contributed by atoms with E-state index in [1.165, 1.54) is 6.92 Å². The van der Waals surface area contributed by atoms with Crippen LogP contribution in [0.5, 0.6) is 0 Å². The summed E-state index contributed by atoms with van der Waals surface area (Å²) in [6, 6.07) is 3.49. The summed E-state index contributed by atoms with van der Waals surface area (Å²) < 4.78 is 110. The van der Waals surface area contributed by atoms with Gasteiger partial charge in [0.1, 0.15) is 7.85 Å². The van der Waals surface area contributed by atoms with Gasteiger partial charge in [-0.1, -0.05) is 30.9 Å². The van der Waals surface area contributed by atoms with Crippen LogP contribution in [0.25, 0.3) is 0 Å². The Balaban J connectivity index is 2.65. The Labute approximate surface area is 173 Å². The second-order valence-corrected chi connectivity index (χ2v) is 6.70. The van der Waals surface area contributed by atoms with Crippen molar-refractivity contribution >= 4 is 30.6 Å². The van der Waals surface area contributed by atoms with E-state index in [-0.39, 0.29) is 12.5 Å². The molecule has 1 amide bonds. The van der Waals surface area contributed by atoms with E-state index >= 15 is 0 Å². The van der Waals surface area contributed by atoms with E-state index < -0.39 is 69.7 Å². The van der Waals surface area contributed by atoms with Gasteiger partial charge >= 0.3 is 12.4 Å². The molecule has 0 aliphatic carbocycles. The monoisotopic (exact) mass is 450 g/mol. The average Bonchev–Trinajstić information content (AvgIpc) is 2.63. The lowest BCUT2D eigenvalue weighted by Crippen LogP contribution is -2.39. The molecule has 2 aromatic rings. The van der Waals surface area contributed by atoms with Crippen LogP contribution in [-0.4, -0.2) is 19.9 Å². The summed E-state index contributed by atoms with van der Waals surface area (Å²) in [7, 11) is 5.48. The molecule has 31 heavy (non-hydrogen) atoms. The lowest BCUT2D eigenvalue weighted by molar-refractivity contribution is -0.238. The van der Waals surface area contributed by atoms with E-state index in [1.807, 2.05) is 0 Å². The highest BCUT2D eigenvalue weighted by molar-refractivity contribution is 6.37. The topological polar surface area (TPSA) is 55.1 Å². The number of carbonyl (C=O) groups excluding carboxylic acids is 1. The molecule has 3 nitrogen and oxygen atoms in total. The molecule has 0 saturated carbocycles. The van der Waals surface area contributed by atoms with Crippen molar-refractivity contribution in [2.75, 3.05) is 11.1 Å². The van der Waals surface area contributed by atoms with E-state index in [1.54, 1.807) is 5.32 Å². The molecule has 2 radical (unpaired) electrons. The number of hydrogen-bond acceptors (Lipinski definition) is 2. The second kappa shape index (κ2) is 8.39. The van der Waals surface area contributed by atoms with Gasteiger partial charge in [-0.15, -0.1) is 0 Å². The lowest BCUT2D eigenvalue weighted by atomic mass is 9.82. The summed E-state index contributed by atoms with van der Waals surface area (Å²) in [5.41, 5.74) is -5.27. The van der Waals surface area contributed by atoms with Crippen LogP contribution in [0.3, 0.4) is 0 Å². The molecule has 1 atom stereocenters. The number of anilines is 2. The Morgan fingerprint density at radius 1 is 1.10 bits per heavy atom. The van der Waals surface area contributed by atoms with Gasteiger partial charge in [-0.3, -0.25) is 4.79 Å². The Kier molecular flexibility index (Phi) is 6.63. The van der Waals surface area contributed by atoms with E-state index in [0.717, 1.165) is 18.2 Å². The number of alkyl halides is 7. The smallest absolute Gasteiger partial charge is 0.396 e.